The van der Waals surface area contributed by atoms with Gasteiger partial charge < -0.3 is 9.84 Å². The molecule has 2 aromatic rings. The predicted octanol–water partition coefficient (Wildman–Crippen LogP) is 4.12. The zero-order chi connectivity index (χ0) is 13.7. The van der Waals surface area contributed by atoms with Crippen LogP contribution in [0.4, 0.5) is 10.5 Å². The Labute approximate surface area is 110 Å². The molecule has 0 heterocycles. The quantitative estimate of drug-likeness (QED) is 0.839. The van der Waals surface area contributed by atoms with Crippen LogP contribution >= 0.6 is 0 Å². The second kappa shape index (κ2) is 5.77. The first kappa shape index (κ1) is 12.8. The minimum Gasteiger partial charge on any atom is -0.494 e. The van der Waals surface area contributed by atoms with Crippen molar-refractivity contribution in [3.63, 3.8) is 0 Å². The molecular weight excluding hydrogens is 244 g/mol. The number of carboxylic acid groups (broad SMARTS) is 1. The molecule has 0 bridgehead atoms. The molecule has 2 aromatic carbocycles. The number of nitrogens with zero attached hydrogens (tertiary/aromatic N) is 2. The molecule has 0 aliphatic heterocycles. The Morgan fingerprint density at radius 1 is 1.11 bits per heavy atom. The van der Waals surface area contributed by atoms with Crippen molar-refractivity contribution in [1.82, 2.24) is 0 Å². The number of benzene rings is 2. The van der Waals surface area contributed by atoms with Crippen LogP contribution in [0, 0.1) is 0 Å². The van der Waals surface area contributed by atoms with Gasteiger partial charge in [-0.05, 0) is 23.3 Å². The number of methoxy groups -OCH3 is 1. The zero-order valence-electron chi connectivity index (χ0n) is 10.3. The molecule has 0 saturated carbocycles. The molecule has 0 radical (unpaired) electrons. The average molecular weight is 256 g/mol. The van der Waals surface area contributed by atoms with E-state index in [2.05, 4.69) is 10.2 Å². The number of carbonyl (C=O) groups is 1. The van der Waals surface area contributed by atoms with Crippen LogP contribution in [0.2, 0.25) is 0 Å². The Balaban J connectivity index is 2.44. The van der Waals surface area contributed by atoms with Crippen molar-refractivity contribution in [2.75, 3.05) is 7.11 Å². The van der Waals surface area contributed by atoms with Gasteiger partial charge in [-0.25, -0.2) is 4.79 Å². The van der Waals surface area contributed by atoms with Gasteiger partial charge in [0.15, 0.2) is 0 Å². The largest absolute Gasteiger partial charge is 0.494 e. The van der Waals surface area contributed by atoms with Gasteiger partial charge in [0, 0.05) is 0 Å². The van der Waals surface area contributed by atoms with Crippen LogP contribution in [0.3, 0.4) is 0 Å². The Morgan fingerprint density at radius 2 is 1.84 bits per heavy atom. The van der Waals surface area contributed by atoms with Gasteiger partial charge in [-0.1, -0.05) is 41.5 Å². The van der Waals surface area contributed by atoms with E-state index in [0.29, 0.717) is 11.4 Å². The summed E-state index contributed by atoms with van der Waals surface area (Å²) < 4.78 is 5.12. The van der Waals surface area contributed by atoms with E-state index in [-0.39, 0.29) is 0 Å². The lowest BCUT2D eigenvalue weighted by Gasteiger charge is -2.06. The molecule has 5 nitrogen and oxygen atoms in total. The maximum atomic E-state index is 10.4. The molecule has 96 valence electrons. The molecule has 1 amide bonds. The van der Waals surface area contributed by atoms with Crippen molar-refractivity contribution in [2.24, 2.45) is 10.2 Å². The number of ether oxygens (including phenoxy) is 1. The summed E-state index contributed by atoms with van der Waals surface area (Å²) in [5.41, 5.74) is 2.31. The molecule has 1 N–H and O–H groups in total. The van der Waals surface area contributed by atoms with Crippen molar-refractivity contribution in [3.05, 3.63) is 48.5 Å². The smallest absolute Gasteiger partial charge is 0.449 e. The van der Waals surface area contributed by atoms with Gasteiger partial charge in [-0.15, -0.1) is 5.11 Å². The highest BCUT2D eigenvalue weighted by atomic mass is 16.5. The number of hydrogen-bond acceptors (Lipinski definition) is 3. The van der Waals surface area contributed by atoms with Gasteiger partial charge in [0.25, 0.3) is 0 Å². The van der Waals surface area contributed by atoms with Gasteiger partial charge in [0.05, 0.1) is 7.11 Å². The van der Waals surface area contributed by atoms with E-state index >= 15 is 0 Å². The van der Waals surface area contributed by atoms with E-state index < -0.39 is 6.09 Å². The second-order valence-electron chi connectivity index (χ2n) is 3.74. The maximum absolute atomic E-state index is 10.4. The fraction of sp³-hybridized carbons (Fsp3) is 0.0714. The van der Waals surface area contributed by atoms with Crippen LogP contribution < -0.4 is 4.74 Å². The Bertz CT molecular complexity index is 609. The van der Waals surface area contributed by atoms with Crippen molar-refractivity contribution in [2.45, 2.75) is 0 Å². The van der Waals surface area contributed by atoms with Crippen LogP contribution in [-0.4, -0.2) is 18.3 Å². The summed E-state index contributed by atoms with van der Waals surface area (Å²) in [7, 11) is 1.50. The highest BCUT2D eigenvalue weighted by Crippen LogP contribution is 2.32. The summed E-state index contributed by atoms with van der Waals surface area (Å²) in [5.74, 6) is 0.477. The normalized spacial score (nSPS) is 10.6. The third kappa shape index (κ3) is 3.16. The molecule has 2 rings (SSSR count). The molecule has 5 heteroatoms. The fourth-order valence-corrected chi connectivity index (χ4v) is 1.67. The van der Waals surface area contributed by atoms with Gasteiger partial charge >= 0.3 is 6.09 Å². The summed E-state index contributed by atoms with van der Waals surface area (Å²) >= 11 is 0. The number of hydrogen-bond donors (Lipinski definition) is 1. The Morgan fingerprint density at radius 3 is 2.47 bits per heavy atom. The first-order chi connectivity index (χ1) is 9.20. The number of azo groups is 1. The molecule has 0 aliphatic carbocycles. The summed E-state index contributed by atoms with van der Waals surface area (Å²) in [4.78, 5) is 10.4. The van der Waals surface area contributed by atoms with Crippen LogP contribution in [0.25, 0.3) is 11.1 Å². The SMILES string of the molecule is COc1ccc(-c2ccccc2)cc1/N=N/C(=O)O. The highest BCUT2D eigenvalue weighted by molar-refractivity contribution is 5.71. The Hall–Kier alpha value is -2.69. The van der Waals surface area contributed by atoms with E-state index in [4.69, 9.17) is 9.84 Å². The van der Waals surface area contributed by atoms with Gasteiger partial charge in [0.2, 0.25) is 0 Å². The van der Waals surface area contributed by atoms with Crippen molar-refractivity contribution in [1.29, 1.82) is 0 Å². The lowest BCUT2D eigenvalue weighted by atomic mass is 10.1. The molecule has 0 aliphatic rings. The summed E-state index contributed by atoms with van der Waals surface area (Å²) in [6.45, 7) is 0. The summed E-state index contributed by atoms with van der Waals surface area (Å²) in [5, 5.41) is 15.3. The average Bonchev–Trinajstić information content (AvgIpc) is 2.45. The lowest BCUT2D eigenvalue weighted by molar-refractivity contribution is 0.204. The summed E-state index contributed by atoms with van der Waals surface area (Å²) in [6.07, 6.45) is -1.34. The molecule has 0 saturated heterocycles. The first-order valence-corrected chi connectivity index (χ1v) is 5.59. The van der Waals surface area contributed by atoms with Crippen LogP contribution in [0.15, 0.2) is 58.8 Å². The van der Waals surface area contributed by atoms with Crippen LogP contribution in [0.5, 0.6) is 5.75 Å². The van der Waals surface area contributed by atoms with E-state index in [1.165, 1.54) is 7.11 Å². The monoisotopic (exact) mass is 256 g/mol. The van der Waals surface area contributed by atoms with E-state index in [0.717, 1.165) is 11.1 Å². The third-order valence-electron chi connectivity index (χ3n) is 2.53. The van der Waals surface area contributed by atoms with Gasteiger partial charge in [0.1, 0.15) is 11.4 Å². The second-order valence-corrected chi connectivity index (χ2v) is 3.74. The molecule has 0 spiro atoms. The van der Waals surface area contributed by atoms with E-state index in [1.54, 1.807) is 12.1 Å². The van der Waals surface area contributed by atoms with Crippen LogP contribution in [0.1, 0.15) is 0 Å². The minimum absolute atomic E-state index is 0.381. The van der Waals surface area contributed by atoms with E-state index in [9.17, 15) is 4.79 Å². The molecule has 19 heavy (non-hydrogen) atoms. The zero-order valence-corrected chi connectivity index (χ0v) is 10.3. The molecular formula is C14H12N2O3. The molecule has 0 fully saturated rings. The van der Waals surface area contributed by atoms with Crippen molar-refractivity contribution < 1.29 is 14.6 Å². The van der Waals surface area contributed by atoms with Gasteiger partial charge in [-0.2, -0.15) is 0 Å². The first-order valence-electron chi connectivity index (χ1n) is 5.59. The van der Waals surface area contributed by atoms with E-state index in [1.807, 2.05) is 36.4 Å². The maximum Gasteiger partial charge on any atom is 0.449 e. The van der Waals surface area contributed by atoms with Crippen LogP contribution in [-0.2, 0) is 0 Å². The Kier molecular flexibility index (Phi) is 3.87. The molecule has 0 unspecified atom stereocenters. The lowest BCUT2D eigenvalue weighted by Crippen LogP contribution is -1.86. The molecule has 0 aromatic heterocycles. The summed E-state index contributed by atoms with van der Waals surface area (Å²) in [6, 6.07) is 15.1. The number of rotatable bonds is 3. The number of amides is 1. The van der Waals surface area contributed by atoms with Gasteiger partial charge in [-0.3, -0.25) is 0 Å². The highest BCUT2D eigenvalue weighted by Gasteiger charge is 2.05. The third-order valence-corrected chi connectivity index (χ3v) is 2.53. The molecule has 0 atom stereocenters. The predicted molar refractivity (Wildman–Crippen MR) is 71.0 cm³/mol. The fourth-order valence-electron chi connectivity index (χ4n) is 1.67. The van der Waals surface area contributed by atoms with Crippen molar-refractivity contribution in [3.8, 4) is 16.9 Å². The van der Waals surface area contributed by atoms with Crippen molar-refractivity contribution >= 4 is 11.8 Å². The standard InChI is InChI=1S/C14H12N2O3/c1-19-13-8-7-11(10-5-3-2-4-6-10)9-12(13)15-16-14(17)18/h2-9H,1H3,(H,17,18)/b16-15+. The topological polar surface area (TPSA) is 71.2 Å². The minimum atomic E-state index is -1.34.